The summed E-state index contributed by atoms with van der Waals surface area (Å²) >= 11 is 0. The minimum Gasteiger partial charge on any atom is -0.355 e. The number of benzene rings is 15. The molecule has 0 saturated heterocycles. The number of aromatic nitrogens is 2. The van der Waals surface area contributed by atoms with Crippen molar-refractivity contribution in [3.05, 3.63) is 322 Å². The molecule has 0 unspecified atom stereocenters. The molecule has 17 rings (SSSR count). The van der Waals surface area contributed by atoms with Gasteiger partial charge in [-0.1, -0.05) is 255 Å². The van der Waals surface area contributed by atoms with Gasteiger partial charge in [-0.25, -0.2) is 0 Å². The molecule has 2 aromatic heterocycles. The van der Waals surface area contributed by atoms with E-state index in [2.05, 4.69) is 331 Å². The van der Waals surface area contributed by atoms with Crippen molar-refractivity contribution < 1.29 is 0 Å². The van der Waals surface area contributed by atoms with Crippen LogP contribution in [-0.4, -0.2) is 17.6 Å². The second-order valence-corrected chi connectivity index (χ2v) is 26.6. The second-order valence-electron chi connectivity index (χ2n) is 22.8. The molecule has 2 nitrogen and oxygen atoms in total. The van der Waals surface area contributed by atoms with Crippen LogP contribution in [-0.2, 0) is 0 Å². The number of hydrogen-bond donors (Lipinski definition) is 1. The fourth-order valence-electron chi connectivity index (χ4n) is 14.3. The molecule has 1 N–H and O–H groups in total. The molecule has 0 amide bonds. The first-order chi connectivity index (χ1) is 42.1. The van der Waals surface area contributed by atoms with E-state index in [0.717, 1.165) is 11.2 Å². The molecular weight excluding hydrogens is 1040 g/mol. The SMILES string of the molecule is c1ccc([Si](c2ccccc2)(c2cccc(-n3c4ccccc4c4ccccc43)c2)c2cccc3c2[nH]c2cc(-c4cc(-c5ccc6cc(-c7cccc(-c8cc9ccccc9c9ccccc89)c7)ccc6c5)cc5ccccc45)ccc23)cc1. The Hall–Kier alpha value is -10.8. The average molecular weight is 1100 g/mol. The molecule has 0 bridgehead atoms. The van der Waals surface area contributed by atoms with Crippen LogP contribution in [0.15, 0.2) is 322 Å². The third kappa shape index (κ3) is 7.85. The van der Waals surface area contributed by atoms with Gasteiger partial charge in [0.1, 0.15) is 0 Å². The van der Waals surface area contributed by atoms with Crippen LogP contribution in [0.25, 0.3) is 137 Å². The van der Waals surface area contributed by atoms with Crippen molar-refractivity contribution in [1.29, 1.82) is 0 Å². The lowest BCUT2D eigenvalue weighted by atomic mass is 9.91. The maximum atomic E-state index is 4.15. The maximum Gasteiger partial charge on any atom is 0.181 e. The summed E-state index contributed by atoms with van der Waals surface area (Å²) < 4.78 is 2.46. The fraction of sp³-hybridized carbons (Fsp3) is 0. The Kier molecular flexibility index (Phi) is 11.3. The van der Waals surface area contributed by atoms with Crippen LogP contribution in [0.3, 0.4) is 0 Å². The van der Waals surface area contributed by atoms with E-state index in [1.807, 2.05) is 0 Å². The zero-order chi connectivity index (χ0) is 56.0. The lowest BCUT2D eigenvalue weighted by Crippen LogP contribution is -2.75. The molecule has 0 aliphatic rings. The standard InChI is InChI=1S/C82H54N2Si/c1-3-25-65(26-4-1)85(66-27-5-2-6-28-66,67-29-18-24-64(53-67)84-79-37-15-13-34-73(79)74-35-14-16-38-80(74)84)81-39-19-36-75-72-45-44-62(52-78(72)83-82(75)81)76-51-63(49-59-20-7-10-31-69(59)76)58-43-42-56-46-55(40-41-57(56)47-58)54-22-17-23-60(48-54)77-50-61-21-8-9-30-68(61)70-32-11-12-33-71(70)77/h1-53,83H. The monoisotopic (exact) mass is 1090 g/mol. The molecule has 85 heavy (non-hydrogen) atoms. The number of H-pyrrole nitrogens is 1. The molecule has 0 fully saturated rings. The molecule has 17 aromatic rings. The van der Waals surface area contributed by atoms with E-state index in [9.17, 15) is 0 Å². The molecular formula is C82H54N2Si. The molecule has 0 aliphatic carbocycles. The van der Waals surface area contributed by atoms with E-state index in [1.54, 1.807) is 0 Å². The van der Waals surface area contributed by atoms with Crippen LogP contribution in [0.2, 0.25) is 0 Å². The third-order valence-corrected chi connectivity index (χ3v) is 23.0. The fourth-order valence-corrected chi connectivity index (χ4v) is 19.3. The smallest absolute Gasteiger partial charge is 0.181 e. The van der Waals surface area contributed by atoms with E-state index in [4.69, 9.17) is 0 Å². The Balaban J connectivity index is 0.774. The van der Waals surface area contributed by atoms with Gasteiger partial charge in [0, 0.05) is 38.3 Å². The van der Waals surface area contributed by atoms with Crippen molar-refractivity contribution in [3.8, 4) is 50.2 Å². The lowest BCUT2D eigenvalue weighted by Gasteiger charge is -2.35. The normalized spacial score (nSPS) is 12.0. The van der Waals surface area contributed by atoms with Gasteiger partial charge in [-0.3, -0.25) is 0 Å². The van der Waals surface area contributed by atoms with Gasteiger partial charge in [-0.15, -0.1) is 0 Å². The van der Waals surface area contributed by atoms with Crippen molar-refractivity contribution >= 4 is 116 Å². The van der Waals surface area contributed by atoms with Gasteiger partial charge in [0.15, 0.2) is 8.07 Å². The highest BCUT2D eigenvalue weighted by Gasteiger charge is 2.43. The van der Waals surface area contributed by atoms with Gasteiger partial charge >= 0.3 is 0 Å². The molecule has 0 spiro atoms. The minimum atomic E-state index is -3.08. The first-order valence-corrected chi connectivity index (χ1v) is 31.5. The third-order valence-electron chi connectivity index (χ3n) is 18.2. The number of rotatable bonds is 9. The summed E-state index contributed by atoms with van der Waals surface area (Å²) in [6.45, 7) is 0. The van der Waals surface area contributed by atoms with Gasteiger partial charge < -0.3 is 9.55 Å². The molecule has 0 saturated carbocycles. The first kappa shape index (κ1) is 48.8. The maximum absolute atomic E-state index is 4.15. The predicted molar refractivity (Wildman–Crippen MR) is 366 cm³/mol. The molecule has 0 radical (unpaired) electrons. The number of para-hydroxylation sites is 3. The summed E-state index contributed by atoms with van der Waals surface area (Å²) in [6, 6.07) is 120. The van der Waals surface area contributed by atoms with Gasteiger partial charge in [-0.2, -0.15) is 0 Å². The Labute approximate surface area is 493 Å². The summed E-state index contributed by atoms with van der Waals surface area (Å²) in [4.78, 5) is 4.15. The van der Waals surface area contributed by atoms with Crippen molar-refractivity contribution in [2.24, 2.45) is 0 Å². The molecule has 3 heteroatoms. The number of aromatic amines is 1. The Morgan fingerprint density at radius 3 is 1.46 bits per heavy atom. The average Bonchev–Trinajstić information content (AvgIpc) is 2.22. The summed E-state index contributed by atoms with van der Waals surface area (Å²) in [5, 5.41) is 20.3. The van der Waals surface area contributed by atoms with Gasteiger partial charge in [0.25, 0.3) is 0 Å². The summed E-state index contributed by atoms with van der Waals surface area (Å²) in [5.41, 5.74) is 15.5. The number of fused-ring (bicyclic) bond motifs is 11. The first-order valence-electron chi connectivity index (χ1n) is 29.5. The summed E-state index contributed by atoms with van der Waals surface area (Å²) in [5.74, 6) is 0. The largest absolute Gasteiger partial charge is 0.355 e. The van der Waals surface area contributed by atoms with Crippen molar-refractivity contribution in [3.63, 3.8) is 0 Å². The van der Waals surface area contributed by atoms with Crippen LogP contribution >= 0.6 is 0 Å². The number of hydrogen-bond acceptors (Lipinski definition) is 0. The summed E-state index contributed by atoms with van der Waals surface area (Å²) in [7, 11) is -3.08. The van der Waals surface area contributed by atoms with E-state index >= 15 is 0 Å². The van der Waals surface area contributed by atoms with Crippen molar-refractivity contribution in [2.45, 2.75) is 0 Å². The topological polar surface area (TPSA) is 20.7 Å². The Morgan fingerprint density at radius 2 is 0.741 bits per heavy atom. The van der Waals surface area contributed by atoms with Crippen LogP contribution in [0.5, 0.6) is 0 Å². The highest BCUT2D eigenvalue weighted by molar-refractivity contribution is 7.20. The summed E-state index contributed by atoms with van der Waals surface area (Å²) in [6.07, 6.45) is 0. The predicted octanol–water partition coefficient (Wildman–Crippen LogP) is 19.1. The van der Waals surface area contributed by atoms with Crippen LogP contribution in [0, 0.1) is 0 Å². The molecule has 396 valence electrons. The highest BCUT2D eigenvalue weighted by atomic mass is 28.3. The lowest BCUT2D eigenvalue weighted by molar-refractivity contribution is 1.18. The zero-order valence-corrected chi connectivity index (χ0v) is 47.5. The van der Waals surface area contributed by atoms with E-state index < -0.39 is 8.07 Å². The van der Waals surface area contributed by atoms with E-state index in [0.29, 0.717) is 0 Å². The highest BCUT2D eigenvalue weighted by Crippen LogP contribution is 2.41. The van der Waals surface area contributed by atoms with Crippen molar-refractivity contribution in [1.82, 2.24) is 9.55 Å². The van der Waals surface area contributed by atoms with Crippen LogP contribution in [0.4, 0.5) is 0 Å². The minimum absolute atomic E-state index is 1.12. The van der Waals surface area contributed by atoms with E-state index in [1.165, 1.54) is 146 Å². The Bertz CT molecular complexity index is 5400. The van der Waals surface area contributed by atoms with E-state index in [-0.39, 0.29) is 0 Å². The number of nitrogens with zero attached hydrogens (tertiary/aromatic N) is 1. The second kappa shape index (κ2) is 19.7. The molecule has 0 atom stereocenters. The van der Waals surface area contributed by atoms with Crippen molar-refractivity contribution in [2.75, 3.05) is 0 Å². The van der Waals surface area contributed by atoms with Gasteiger partial charge in [0.05, 0.1) is 11.0 Å². The van der Waals surface area contributed by atoms with Crippen LogP contribution < -0.4 is 20.7 Å². The number of nitrogens with one attached hydrogen (secondary N) is 1. The zero-order valence-electron chi connectivity index (χ0n) is 46.5. The van der Waals surface area contributed by atoms with Gasteiger partial charge in [-0.05, 0) is 175 Å². The van der Waals surface area contributed by atoms with Gasteiger partial charge in [0.2, 0.25) is 0 Å². The molecule has 2 heterocycles. The quantitative estimate of drug-likeness (QED) is 0.0845. The molecule has 0 aliphatic heterocycles. The Morgan fingerprint density at radius 1 is 0.247 bits per heavy atom. The van der Waals surface area contributed by atoms with Crippen LogP contribution in [0.1, 0.15) is 0 Å². The molecule has 15 aromatic carbocycles.